The van der Waals surface area contributed by atoms with Crippen LogP contribution in [-0.2, 0) is 0 Å². The summed E-state index contributed by atoms with van der Waals surface area (Å²) in [6.07, 6.45) is 6.03. The first-order valence-corrected chi connectivity index (χ1v) is 7.71. The molecule has 0 bridgehead atoms. The molecule has 96 valence electrons. The molecular formula is C12H14ClN3S2. The van der Waals surface area contributed by atoms with Gasteiger partial charge in [-0.05, 0) is 18.6 Å². The lowest BCUT2D eigenvalue weighted by molar-refractivity contribution is 0.639. The lowest BCUT2D eigenvalue weighted by atomic mass is 10.1. The van der Waals surface area contributed by atoms with Crippen LogP contribution in [0.25, 0.3) is 0 Å². The monoisotopic (exact) mass is 299 g/mol. The average molecular weight is 300 g/mol. The quantitative estimate of drug-likeness (QED) is 0.854. The Hall–Kier alpha value is -0.620. The molecule has 0 fully saturated rings. The van der Waals surface area contributed by atoms with E-state index in [0.717, 1.165) is 15.8 Å². The third kappa shape index (κ3) is 3.45. The fourth-order valence-electron chi connectivity index (χ4n) is 1.53. The van der Waals surface area contributed by atoms with Crippen molar-refractivity contribution in [1.29, 1.82) is 0 Å². The summed E-state index contributed by atoms with van der Waals surface area (Å²) >= 11 is 9.21. The van der Waals surface area contributed by atoms with Gasteiger partial charge in [-0.1, -0.05) is 30.3 Å². The van der Waals surface area contributed by atoms with Crippen LogP contribution in [0.15, 0.2) is 35.7 Å². The first-order valence-electron chi connectivity index (χ1n) is 5.64. The molecule has 2 aromatic rings. The Kier molecular flexibility index (Phi) is 5.00. The van der Waals surface area contributed by atoms with Crippen LogP contribution in [0.2, 0.25) is 4.34 Å². The van der Waals surface area contributed by atoms with Gasteiger partial charge in [0.05, 0.1) is 15.8 Å². The molecule has 3 nitrogen and oxygen atoms in total. The second kappa shape index (κ2) is 6.52. The van der Waals surface area contributed by atoms with Crippen LogP contribution in [-0.4, -0.2) is 16.0 Å². The van der Waals surface area contributed by atoms with Gasteiger partial charge in [-0.15, -0.1) is 11.3 Å². The molecular weight excluding hydrogens is 286 g/mol. The largest absolute Gasteiger partial charge is 0.326 e. The molecule has 0 aromatic carbocycles. The Morgan fingerprint density at radius 3 is 2.83 bits per heavy atom. The number of thiophene rings is 1. The highest BCUT2D eigenvalue weighted by atomic mass is 35.5. The first kappa shape index (κ1) is 13.8. The maximum absolute atomic E-state index is 6.20. The summed E-state index contributed by atoms with van der Waals surface area (Å²) < 4.78 is 0.790. The lowest BCUT2D eigenvalue weighted by Crippen LogP contribution is -2.25. The second-order valence-corrected chi connectivity index (χ2v) is 6.70. The Morgan fingerprint density at radius 2 is 2.28 bits per heavy atom. The van der Waals surface area contributed by atoms with Crippen molar-refractivity contribution in [1.82, 2.24) is 9.97 Å². The molecule has 0 amide bonds. The molecule has 0 aliphatic heterocycles. The molecule has 2 rings (SSSR count). The van der Waals surface area contributed by atoms with E-state index in [4.69, 9.17) is 17.3 Å². The van der Waals surface area contributed by atoms with E-state index in [1.807, 2.05) is 12.1 Å². The highest BCUT2D eigenvalue weighted by Crippen LogP contribution is 2.40. The Bertz CT molecular complexity index is 489. The van der Waals surface area contributed by atoms with E-state index < -0.39 is 0 Å². The smallest absolute Gasteiger partial charge is 0.115 e. The molecule has 2 unspecified atom stereocenters. The fourth-order valence-corrected chi connectivity index (χ4v) is 4.00. The molecule has 0 aliphatic carbocycles. The lowest BCUT2D eigenvalue weighted by Gasteiger charge is -2.20. The summed E-state index contributed by atoms with van der Waals surface area (Å²) in [7, 11) is 0. The van der Waals surface area contributed by atoms with Crippen LogP contribution >= 0.6 is 34.7 Å². The highest BCUT2D eigenvalue weighted by molar-refractivity contribution is 7.99. The van der Waals surface area contributed by atoms with Crippen LogP contribution < -0.4 is 5.73 Å². The standard InChI is InChI=1S/C12H14ClN3S2/c1-2-8(14)12(9-3-4-10(13)17-9)18-11-7-15-5-6-16-11/h3-8,12H,2,14H2,1H3. The van der Waals surface area contributed by atoms with E-state index in [1.165, 1.54) is 4.88 Å². The minimum Gasteiger partial charge on any atom is -0.326 e. The van der Waals surface area contributed by atoms with Crippen molar-refractivity contribution in [2.45, 2.75) is 29.7 Å². The predicted molar refractivity (Wildman–Crippen MR) is 78.2 cm³/mol. The first-order chi connectivity index (χ1) is 8.70. The number of hydrogen-bond acceptors (Lipinski definition) is 5. The summed E-state index contributed by atoms with van der Waals surface area (Å²) in [5.74, 6) is 0. The topological polar surface area (TPSA) is 51.8 Å². The highest BCUT2D eigenvalue weighted by Gasteiger charge is 2.22. The van der Waals surface area contributed by atoms with Crippen molar-refractivity contribution in [3.8, 4) is 0 Å². The maximum Gasteiger partial charge on any atom is 0.115 e. The third-order valence-electron chi connectivity index (χ3n) is 2.52. The van der Waals surface area contributed by atoms with Gasteiger partial charge >= 0.3 is 0 Å². The fraction of sp³-hybridized carbons (Fsp3) is 0.333. The van der Waals surface area contributed by atoms with Gasteiger partial charge in [0.2, 0.25) is 0 Å². The van der Waals surface area contributed by atoms with Crippen LogP contribution in [0.5, 0.6) is 0 Å². The average Bonchev–Trinajstić information content (AvgIpc) is 2.83. The number of thioether (sulfide) groups is 1. The minimum absolute atomic E-state index is 0.0757. The van der Waals surface area contributed by atoms with E-state index in [1.54, 1.807) is 41.7 Å². The molecule has 0 saturated heterocycles. The molecule has 2 heterocycles. The Morgan fingerprint density at radius 1 is 1.44 bits per heavy atom. The van der Waals surface area contributed by atoms with Gasteiger partial charge in [0.15, 0.2) is 0 Å². The zero-order valence-electron chi connectivity index (χ0n) is 9.91. The number of nitrogens with zero attached hydrogens (tertiary/aromatic N) is 2. The number of nitrogens with two attached hydrogens (primary N) is 1. The second-order valence-electron chi connectivity index (χ2n) is 3.80. The predicted octanol–water partition coefficient (Wildman–Crippen LogP) is 3.76. The van der Waals surface area contributed by atoms with Gasteiger partial charge in [0, 0.05) is 23.3 Å². The number of aromatic nitrogens is 2. The van der Waals surface area contributed by atoms with Gasteiger partial charge in [-0.2, -0.15) is 0 Å². The van der Waals surface area contributed by atoms with Crippen molar-refractivity contribution in [2.75, 3.05) is 0 Å². The van der Waals surface area contributed by atoms with Gasteiger partial charge < -0.3 is 5.73 Å². The van der Waals surface area contributed by atoms with Crippen molar-refractivity contribution in [3.05, 3.63) is 39.9 Å². The van der Waals surface area contributed by atoms with Gasteiger partial charge in [-0.25, -0.2) is 4.98 Å². The third-order valence-corrected chi connectivity index (χ3v) is 5.30. The van der Waals surface area contributed by atoms with Crippen molar-refractivity contribution in [3.63, 3.8) is 0 Å². The van der Waals surface area contributed by atoms with Crippen molar-refractivity contribution in [2.24, 2.45) is 5.73 Å². The van der Waals surface area contributed by atoms with Crippen LogP contribution in [0.4, 0.5) is 0 Å². The van der Waals surface area contributed by atoms with Crippen molar-refractivity contribution < 1.29 is 0 Å². The number of hydrogen-bond donors (Lipinski definition) is 1. The molecule has 0 spiro atoms. The van der Waals surface area contributed by atoms with Gasteiger partial charge in [-0.3, -0.25) is 4.98 Å². The molecule has 6 heteroatoms. The summed E-state index contributed by atoms with van der Waals surface area (Å²) in [6.45, 7) is 2.09. The normalized spacial score (nSPS) is 14.4. The van der Waals surface area contributed by atoms with Crippen LogP contribution in [0.3, 0.4) is 0 Å². The van der Waals surface area contributed by atoms with Crippen molar-refractivity contribution >= 4 is 34.7 Å². The summed E-state index contributed by atoms with van der Waals surface area (Å²) in [4.78, 5) is 9.54. The maximum atomic E-state index is 6.20. The molecule has 0 aliphatic rings. The molecule has 2 aromatic heterocycles. The number of halogens is 1. The molecule has 0 radical (unpaired) electrons. The summed E-state index contributed by atoms with van der Waals surface area (Å²) in [5, 5.41) is 1.06. The van der Waals surface area contributed by atoms with Crippen LogP contribution in [0.1, 0.15) is 23.5 Å². The zero-order valence-corrected chi connectivity index (χ0v) is 12.3. The molecule has 18 heavy (non-hydrogen) atoms. The van der Waals surface area contributed by atoms with E-state index in [9.17, 15) is 0 Å². The minimum atomic E-state index is 0.0757. The van der Waals surface area contributed by atoms with E-state index in [2.05, 4.69) is 16.9 Å². The van der Waals surface area contributed by atoms with Crippen LogP contribution in [0, 0.1) is 0 Å². The molecule has 0 saturated carbocycles. The Labute approximate surface area is 120 Å². The SMILES string of the molecule is CCC(N)C(Sc1cnccn1)c1ccc(Cl)s1. The van der Waals surface area contributed by atoms with Gasteiger partial charge in [0.1, 0.15) is 5.03 Å². The number of rotatable bonds is 5. The van der Waals surface area contributed by atoms with Gasteiger partial charge in [0.25, 0.3) is 0 Å². The van der Waals surface area contributed by atoms with E-state index >= 15 is 0 Å². The van der Waals surface area contributed by atoms with E-state index in [-0.39, 0.29) is 11.3 Å². The molecule has 2 atom stereocenters. The zero-order chi connectivity index (χ0) is 13.0. The molecule has 2 N–H and O–H groups in total. The van der Waals surface area contributed by atoms with E-state index in [0.29, 0.717) is 0 Å². The summed E-state index contributed by atoms with van der Waals surface area (Å²) in [5.41, 5.74) is 6.20. The summed E-state index contributed by atoms with van der Waals surface area (Å²) in [6, 6.07) is 4.02. The Balaban J connectivity index is 2.21.